The molecule has 2 unspecified atom stereocenters. The summed E-state index contributed by atoms with van der Waals surface area (Å²) in [6.45, 7) is 11.2. The summed E-state index contributed by atoms with van der Waals surface area (Å²) in [4.78, 5) is 48.1. The highest BCUT2D eigenvalue weighted by molar-refractivity contribution is 5.88. The molecule has 7 N–H and O–H groups in total. The summed E-state index contributed by atoms with van der Waals surface area (Å²) in [7, 11) is 0. The number of nitrogens with one attached hydrogen (secondary N) is 1. The molecule has 43 heavy (non-hydrogen) atoms. The summed E-state index contributed by atoms with van der Waals surface area (Å²) in [5, 5.41) is 2.71. The van der Waals surface area contributed by atoms with Crippen molar-refractivity contribution in [1.29, 1.82) is 0 Å². The first-order chi connectivity index (χ1) is 20.7. The molecule has 12 nitrogen and oxygen atoms in total. The molecular weight excluding hydrogens is 546 g/mol. The van der Waals surface area contributed by atoms with Gasteiger partial charge in [-0.3, -0.25) is 19.6 Å². The van der Waals surface area contributed by atoms with Gasteiger partial charge in [-0.1, -0.05) is 30.7 Å². The van der Waals surface area contributed by atoms with Crippen LogP contribution in [0.2, 0.25) is 0 Å². The normalized spacial score (nSPS) is 19.0. The van der Waals surface area contributed by atoms with E-state index in [2.05, 4.69) is 28.7 Å². The molecule has 0 bridgehead atoms. The lowest BCUT2D eigenvalue weighted by atomic mass is 10.0. The highest BCUT2D eigenvalue weighted by atomic mass is 16.2. The second kappa shape index (κ2) is 15.2. The number of nitrogens with two attached hydrogens (primary N) is 3. The third kappa shape index (κ3) is 8.50. The van der Waals surface area contributed by atoms with Crippen LogP contribution in [-0.2, 0) is 11.2 Å². The zero-order valence-electron chi connectivity index (χ0n) is 25.3. The molecule has 0 saturated carbocycles. The van der Waals surface area contributed by atoms with Crippen molar-refractivity contribution >= 4 is 17.8 Å². The van der Waals surface area contributed by atoms with Crippen LogP contribution in [0.15, 0.2) is 53.5 Å². The first-order valence-electron chi connectivity index (χ1n) is 15.3. The van der Waals surface area contributed by atoms with Gasteiger partial charge in [0.15, 0.2) is 0 Å². The fourth-order valence-electron chi connectivity index (χ4n) is 5.82. The number of unbranched alkanes of at least 4 members (excludes halogenated alkanes) is 1. The number of benzene rings is 1. The molecule has 2 aromatic rings. The van der Waals surface area contributed by atoms with Crippen molar-refractivity contribution in [3.63, 3.8) is 0 Å². The monoisotopic (exact) mass is 593 g/mol. The third-order valence-electron chi connectivity index (χ3n) is 8.53. The Bertz CT molecular complexity index is 1300. The van der Waals surface area contributed by atoms with Crippen LogP contribution in [0.5, 0.6) is 0 Å². The van der Waals surface area contributed by atoms with Crippen molar-refractivity contribution in [2.45, 2.75) is 51.1 Å². The lowest BCUT2D eigenvalue weighted by Crippen LogP contribution is -2.55. The summed E-state index contributed by atoms with van der Waals surface area (Å²) in [6.07, 6.45) is 5.74. The number of rotatable bonds is 12. The van der Waals surface area contributed by atoms with Crippen LogP contribution in [-0.4, -0.2) is 101 Å². The number of hydrogen-bond acceptors (Lipinski definition) is 8. The molecule has 4 rings (SSSR count). The van der Waals surface area contributed by atoms with Gasteiger partial charge in [-0.15, -0.1) is 0 Å². The number of carbonyl (C=O) groups excluding carboxylic acids is 2. The smallest absolute Gasteiger partial charge is 0.338 e. The second-order valence-corrected chi connectivity index (χ2v) is 11.7. The Morgan fingerprint density at radius 2 is 1.74 bits per heavy atom. The minimum absolute atomic E-state index is 0.0979. The van der Waals surface area contributed by atoms with E-state index in [1.165, 1.54) is 15.7 Å². The van der Waals surface area contributed by atoms with E-state index in [1.54, 1.807) is 22.1 Å². The number of piperazine rings is 1. The Kier molecular flexibility index (Phi) is 11.5. The topological polar surface area (TPSA) is 169 Å². The van der Waals surface area contributed by atoms with E-state index in [9.17, 15) is 14.4 Å². The number of nitrogens with zero attached hydrogens (tertiary/aromatic N) is 5. The zero-order chi connectivity index (χ0) is 30.9. The van der Waals surface area contributed by atoms with Gasteiger partial charge in [0, 0.05) is 51.5 Å². The molecule has 0 spiro atoms. The molecule has 2 aliphatic heterocycles. The van der Waals surface area contributed by atoms with Crippen molar-refractivity contribution in [2.24, 2.45) is 23.1 Å². The van der Waals surface area contributed by atoms with Crippen LogP contribution in [0.25, 0.3) is 5.69 Å². The molecule has 2 saturated heterocycles. The highest BCUT2D eigenvalue weighted by Crippen LogP contribution is 2.26. The summed E-state index contributed by atoms with van der Waals surface area (Å²) in [5.74, 6) is 0.556. The predicted octanol–water partition coefficient (Wildman–Crippen LogP) is 1.13. The van der Waals surface area contributed by atoms with Gasteiger partial charge in [-0.25, -0.2) is 9.59 Å². The van der Waals surface area contributed by atoms with Crippen LogP contribution in [0.3, 0.4) is 0 Å². The minimum Gasteiger partial charge on any atom is -0.338 e. The van der Waals surface area contributed by atoms with Crippen LogP contribution < -0.4 is 28.2 Å². The second-order valence-electron chi connectivity index (χ2n) is 11.7. The molecule has 0 radical (unpaired) electrons. The van der Waals surface area contributed by atoms with Gasteiger partial charge < -0.3 is 27.0 Å². The number of aromatic nitrogens is 2. The average molecular weight is 594 g/mol. The van der Waals surface area contributed by atoms with Gasteiger partial charge >= 0.3 is 11.7 Å². The first-order valence-corrected chi connectivity index (χ1v) is 15.3. The summed E-state index contributed by atoms with van der Waals surface area (Å²) in [5.41, 5.74) is 20.0. The first kappa shape index (κ1) is 32.3. The van der Waals surface area contributed by atoms with Gasteiger partial charge in [0.2, 0.25) is 5.91 Å². The van der Waals surface area contributed by atoms with Crippen LogP contribution in [0.4, 0.5) is 10.6 Å². The summed E-state index contributed by atoms with van der Waals surface area (Å²) < 4.78 is 1.45. The summed E-state index contributed by atoms with van der Waals surface area (Å²) >= 11 is 0. The van der Waals surface area contributed by atoms with Crippen LogP contribution >= 0.6 is 0 Å². The van der Waals surface area contributed by atoms with E-state index in [0.29, 0.717) is 63.3 Å². The Balaban J connectivity index is 1.27. The van der Waals surface area contributed by atoms with Gasteiger partial charge in [0.25, 0.3) is 0 Å². The number of hydrogen-bond donors (Lipinski definition) is 4. The van der Waals surface area contributed by atoms with Crippen molar-refractivity contribution < 1.29 is 9.59 Å². The SMILES string of the molecule is C=C1CN(C(C)Cc2ccc(-n3ccc(NC(=O)N4CCN(C(=O)C(N)CCCCN)CC4)nc3=O)cc2)C[C@@H]1CCN. The number of urea groups is 1. The van der Waals surface area contributed by atoms with Crippen molar-refractivity contribution in [1.82, 2.24) is 24.3 Å². The fraction of sp³-hybridized carbons (Fsp3) is 0.548. The molecule has 3 atom stereocenters. The van der Waals surface area contributed by atoms with Gasteiger partial charge in [-0.2, -0.15) is 4.98 Å². The van der Waals surface area contributed by atoms with Crippen molar-refractivity contribution in [2.75, 3.05) is 57.7 Å². The van der Waals surface area contributed by atoms with Gasteiger partial charge in [-0.05, 0) is 75.4 Å². The van der Waals surface area contributed by atoms with Crippen molar-refractivity contribution in [3.8, 4) is 5.69 Å². The molecular formula is C31H47N9O3. The minimum atomic E-state index is -0.548. The standard InChI is InChI=1S/C31H47N9O3/c1-22-20-39(21-25(22)10-13-33)23(2)19-24-6-8-26(9-7-24)40-14-11-28(36-31(40)43)35-30(42)38-17-15-37(16-18-38)29(41)27(34)5-3-4-12-32/h6-9,11,14,23,25,27H,1,3-5,10,12-13,15-21,32-34H2,2H3,(H,35,36,42,43)/t23?,25-,27?/m0/s1. The Morgan fingerprint density at radius 3 is 2.40 bits per heavy atom. The fourth-order valence-corrected chi connectivity index (χ4v) is 5.82. The maximum Gasteiger partial charge on any atom is 0.354 e. The lowest BCUT2D eigenvalue weighted by molar-refractivity contribution is -0.134. The zero-order valence-corrected chi connectivity index (χ0v) is 25.3. The van der Waals surface area contributed by atoms with Crippen LogP contribution in [0.1, 0.15) is 38.2 Å². The van der Waals surface area contributed by atoms with E-state index in [4.69, 9.17) is 17.2 Å². The number of amides is 3. The maximum absolute atomic E-state index is 12.8. The molecule has 1 aromatic carbocycles. The molecule has 12 heteroatoms. The molecule has 1 aromatic heterocycles. The maximum atomic E-state index is 12.8. The number of anilines is 1. The quantitative estimate of drug-likeness (QED) is 0.210. The Hall–Kier alpha value is -3.58. The highest BCUT2D eigenvalue weighted by Gasteiger charge is 2.29. The van der Waals surface area contributed by atoms with E-state index in [0.717, 1.165) is 38.8 Å². The predicted molar refractivity (Wildman–Crippen MR) is 169 cm³/mol. The number of carbonyl (C=O) groups is 2. The van der Waals surface area contributed by atoms with E-state index >= 15 is 0 Å². The average Bonchev–Trinajstić information content (AvgIpc) is 3.38. The summed E-state index contributed by atoms with van der Waals surface area (Å²) in [6, 6.07) is 8.95. The molecule has 0 aliphatic carbocycles. The Morgan fingerprint density at radius 1 is 1.05 bits per heavy atom. The van der Waals surface area contributed by atoms with Crippen molar-refractivity contribution in [3.05, 3.63) is 64.7 Å². The number of likely N-dealkylation sites (tertiary alicyclic amines) is 1. The van der Waals surface area contributed by atoms with E-state index < -0.39 is 11.7 Å². The van der Waals surface area contributed by atoms with Gasteiger partial charge in [0.1, 0.15) is 5.82 Å². The van der Waals surface area contributed by atoms with Gasteiger partial charge in [0.05, 0.1) is 11.7 Å². The largest absolute Gasteiger partial charge is 0.354 e. The van der Waals surface area contributed by atoms with E-state index in [-0.39, 0.29) is 17.8 Å². The molecule has 2 aliphatic rings. The van der Waals surface area contributed by atoms with Crippen LogP contribution in [0, 0.1) is 5.92 Å². The third-order valence-corrected chi connectivity index (χ3v) is 8.53. The molecule has 234 valence electrons. The van der Waals surface area contributed by atoms with E-state index in [1.807, 2.05) is 24.3 Å². The molecule has 2 fully saturated rings. The lowest BCUT2D eigenvalue weighted by Gasteiger charge is -2.35. The molecule has 3 heterocycles. The Labute approximate surface area is 253 Å². The molecule has 3 amide bonds.